The molecule has 17 heavy (non-hydrogen) atoms. The average molecular weight is 240 g/mol. The van der Waals surface area contributed by atoms with Gasteiger partial charge in [-0.05, 0) is 25.3 Å². The molecule has 1 amide bonds. The molecule has 0 saturated carbocycles. The zero-order valence-corrected chi connectivity index (χ0v) is 11.7. The molecule has 100 valence electrons. The first-order valence-electron chi connectivity index (χ1n) is 7.10. The summed E-state index contributed by atoms with van der Waals surface area (Å²) < 4.78 is 0. The largest absolute Gasteiger partial charge is 0.342 e. The summed E-state index contributed by atoms with van der Waals surface area (Å²) in [4.78, 5) is 14.0. The lowest BCUT2D eigenvalue weighted by molar-refractivity contribution is -0.132. The van der Waals surface area contributed by atoms with Crippen LogP contribution in [0, 0.1) is 5.92 Å². The van der Waals surface area contributed by atoms with E-state index in [2.05, 4.69) is 31.0 Å². The van der Waals surface area contributed by atoms with Gasteiger partial charge in [-0.1, -0.05) is 33.6 Å². The van der Waals surface area contributed by atoms with Crippen LogP contribution in [0.1, 0.15) is 52.9 Å². The van der Waals surface area contributed by atoms with Crippen LogP contribution in [0.15, 0.2) is 0 Å². The van der Waals surface area contributed by atoms with Gasteiger partial charge in [0.2, 0.25) is 5.91 Å². The third kappa shape index (κ3) is 6.06. The molecule has 1 unspecified atom stereocenters. The lowest BCUT2D eigenvalue weighted by atomic mass is 10.1. The minimum Gasteiger partial charge on any atom is -0.342 e. The molecule has 0 aromatic rings. The van der Waals surface area contributed by atoms with Crippen molar-refractivity contribution in [3.8, 4) is 0 Å². The normalized spacial score (nSPS) is 20.2. The Hall–Kier alpha value is -0.570. The van der Waals surface area contributed by atoms with Crippen molar-refractivity contribution in [2.24, 2.45) is 5.92 Å². The van der Waals surface area contributed by atoms with Gasteiger partial charge in [-0.25, -0.2) is 0 Å². The zero-order valence-electron chi connectivity index (χ0n) is 11.7. The number of amides is 1. The summed E-state index contributed by atoms with van der Waals surface area (Å²) in [7, 11) is 0. The Kier molecular flexibility index (Phi) is 6.56. The molecule has 1 heterocycles. The Bertz CT molecular complexity index is 228. The van der Waals surface area contributed by atoms with Gasteiger partial charge in [-0.3, -0.25) is 4.79 Å². The maximum Gasteiger partial charge on any atom is 0.222 e. The van der Waals surface area contributed by atoms with E-state index in [1.165, 1.54) is 19.3 Å². The fourth-order valence-corrected chi connectivity index (χ4v) is 2.29. The van der Waals surface area contributed by atoms with Gasteiger partial charge in [-0.2, -0.15) is 0 Å². The Labute approximate surface area is 106 Å². The molecular weight excluding hydrogens is 212 g/mol. The van der Waals surface area contributed by atoms with E-state index in [-0.39, 0.29) is 0 Å². The van der Waals surface area contributed by atoms with E-state index in [4.69, 9.17) is 0 Å². The van der Waals surface area contributed by atoms with Crippen LogP contribution in [0.4, 0.5) is 0 Å². The first-order valence-corrected chi connectivity index (χ1v) is 7.10. The van der Waals surface area contributed by atoms with Crippen molar-refractivity contribution >= 4 is 5.91 Å². The highest BCUT2D eigenvalue weighted by atomic mass is 16.2. The second-order valence-corrected chi connectivity index (χ2v) is 5.67. The fraction of sp³-hybridized carbons (Fsp3) is 0.929. The second-order valence-electron chi connectivity index (χ2n) is 5.67. The minimum absolute atomic E-state index is 0.362. The summed E-state index contributed by atoms with van der Waals surface area (Å²) in [6.07, 6.45) is 5.51. The molecule has 1 rings (SSSR count). The van der Waals surface area contributed by atoms with Crippen molar-refractivity contribution in [1.29, 1.82) is 0 Å². The quantitative estimate of drug-likeness (QED) is 0.800. The summed E-state index contributed by atoms with van der Waals surface area (Å²) in [5.74, 6) is 0.905. The molecule has 1 fully saturated rings. The topological polar surface area (TPSA) is 32.3 Å². The standard InChI is InChI=1S/C14H28N2O/c1-12(2)15-10-13(3)11-16-9-7-5-4-6-8-14(16)17/h12-13,15H,4-11H2,1-3H3. The van der Waals surface area contributed by atoms with E-state index in [1.54, 1.807) is 0 Å². The highest BCUT2D eigenvalue weighted by molar-refractivity contribution is 5.76. The van der Waals surface area contributed by atoms with E-state index < -0.39 is 0 Å². The second kappa shape index (κ2) is 7.70. The van der Waals surface area contributed by atoms with E-state index in [1.807, 2.05) is 0 Å². The van der Waals surface area contributed by atoms with Crippen LogP contribution >= 0.6 is 0 Å². The molecule has 0 aromatic heterocycles. The van der Waals surface area contributed by atoms with Crippen molar-refractivity contribution in [3.63, 3.8) is 0 Å². The zero-order chi connectivity index (χ0) is 12.7. The average Bonchev–Trinajstić information content (AvgIpc) is 2.26. The first kappa shape index (κ1) is 14.5. The maximum atomic E-state index is 11.9. The van der Waals surface area contributed by atoms with Gasteiger partial charge >= 0.3 is 0 Å². The lowest BCUT2D eigenvalue weighted by Crippen LogP contribution is -2.39. The molecule has 0 spiro atoms. The summed E-state index contributed by atoms with van der Waals surface area (Å²) in [5.41, 5.74) is 0. The third-order valence-corrected chi connectivity index (χ3v) is 3.33. The first-order chi connectivity index (χ1) is 8.09. The van der Waals surface area contributed by atoms with E-state index in [0.29, 0.717) is 17.9 Å². The fourth-order valence-electron chi connectivity index (χ4n) is 2.29. The van der Waals surface area contributed by atoms with Crippen molar-refractivity contribution in [2.75, 3.05) is 19.6 Å². The van der Waals surface area contributed by atoms with E-state index in [9.17, 15) is 4.79 Å². The summed E-state index contributed by atoms with van der Waals surface area (Å²) in [5, 5.41) is 3.44. The monoisotopic (exact) mass is 240 g/mol. The lowest BCUT2D eigenvalue weighted by Gasteiger charge is -2.28. The number of nitrogens with one attached hydrogen (secondary N) is 1. The van der Waals surface area contributed by atoms with Gasteiger partial charge in [0.15, 0.2) is 0 Å². The number of nitrogens with zero attached hydrogens (tertiary/aromatic N) is 1. The van der Waals surface area contributed by atoms with E-state index >= 15 is 0 Å². The van der Waals surface area contributed by atoms with E-state index in [0.717, 1.165) is 32.5 Å². The molecule has 0 aliphatic carbocycles. The highest BCUT2D eigenvalue weighted by Crippen LogP contribution is 2.13. The molecule has 1 saturated heterocycles. The van der Waals surface area contributed by atoms with Crippen LogP contribution in [-0.2, 0) is 4.79 Å². The predicted molar refractivity (Wildman–Crippen MR) is 72.0 cm³/mol. The van der Waals surface area contributed by atoms with Crippen molar-refractivity contribution in [1.82, 2.24) is 10.2 Å². The SMILES string of the molecule is CC(CNC(C)C)CN1CCCCCCC1=O. The number of likely N-dealkylation sites (tertiary alicyclic amines) is 1. The smallest absolute Gasteiger partial charge is 0.222 e. The third-order valence-electron chi connectivity index (χ3n) is 3.33. The van der Waals surface area contributed by atoms with Crippen LogP contribution in [0.5, 0.6) is 0 Å². The molecular formula is C14H28N2O. The van der Waals surface area contributed by atoms with Crippen LogP contribution in [0.3, 0.4) is 0 Å². The molecule has 1 atom stereocenters. The Morgan fingerprint density at radius 2 is 1.88 bits per heavy atom. The highest BCUT2D eigenvalue weighted by Gasteiger charge is 2.17. The summed E-state index contributed by atoms with van der Waals surface area (Å²) >= 11 is 0. The van der Waals surface area contributed by atoms with Crippen LogP contribution in [0.2, 0.25) is 0 Å². The molecule has 0 aromatic carbocycles. The van der Waals surface area contributed by atoms with Gasteiger partial charge in [0.05, 0.1) is 0 Å². The number of carbonyl (C=O) groups excluding carboxylic acids is 1. The number of hydrogen-bond donors (Lipinski definition) is 1. The number of rotatable bonds is 5. The maximum absolute atomic E-state index is 11.9. The van der Waals surface area contributed by atoms with Gasteiger partial charge in [0.25, 0.3) is 0 Å². The Morgan fingerprint density at radius 3 is 2.59 bits per heavy atom. The molecule has 3 nitrogen and oxygen atoms in total. The summed E-state index contributed by atoms with van der Waals surface area (Å²) in [6, 6.07) is 0.528. The minimum atomic E-state index is 0.362. The molecule has 3 heteroatoms. The van der Waals surface area contributed by atoms with Crippen LogP contribution < -0.4 is 5.32 Å². The van der Waals surface area contributed by atoms with Crippen molar-refractivity contribution < 1.29 is 4.79 Å². The molecule has 1 N–H and O–H groups in total. The van der Waals surface area contributed by atoms with Gasteiger partial charge in [-0.15, -0.1) is 0 Å². The van der Waals surface area contributed by atoms with Crippen LogP contribution in [-0.4, -0.2) is 36.5 Å². The molecule has 0 radical (unpaired) electrons. The Morgan fingerprint density at radius 1 is 1.18 bits per heavy atom. The summed E-state index contributed by atoms with van der Waals surface area (Å²) in [6.45, 7) is 9.42. The van der Waals surface area contributed by atoms with Gasteiger partial charge in [0, 0.05) is 25.6 Å². The molecule has 1 aliphatic rings. The number of hydrogen-bond acceptors (Lipinski definition) is 2. The number of carbonyl (C=O) groups is 1. The Balaban J connectivity index is 2.33. The molecule has 0 bridgehead atoms. The molecule has 1 aliphatic heterocycles. The van der Waals surface area contributed by atoms with Gasteiger partial charge in [0.1, 0.15) is 0 Å². The van der Waals surface area contributed by atoms with Crippen LogP contribution in [0.25, 0.3) is 0 Å². The predicted octanol–water partition coefficient (Wildman–Crippen LogP) is 2.41. The van der Waals surface area contributed by atoms with Crippen molar-refractivity contribution in [2.45, 2.75) is 58.9 Å². The van der Waals surface area contributed by atoms with Gasteiger partial charge < -0.3 is 10.2 Å². The van der Waals surface area contributed by atoms with Crippen molar-refractivity contribution in [3.05, 3.63) is 0 Å².